The second kappa shape index (κ2) is 7.90. The summed E-state index contributed by atoms with van der Waals surface area (Å²) in [6.45, 7) is 7.15. The van der Waals surface area contributed by atoms with Gasteiger partial charge in [-0.2, -0.15) is 0 Å². The van der Waals surface area contributed by atoms with Crippen molar-refractivity contribution >= 4 is 5.91 Å². The molecule has 1 amide bonds. The summed E-state index contributed by atoms with van der Waals surface area (Å²) in [6.07, 6.45) is 3.76. The monoisotopic (exact) mass is 238 g/mol. The summed E-state index contributed by atoms with van der Waals surface area (Å²) in [6, 6.07) is 3.68. The summed E-state index contributed by atoms with van der Waals surface area (Å²) >= 11 is 0. The van der Waals surface area contributed by atoms with Crippen molar-refractivity contribution in [1.82, 2.24) is 10.2 Å². The van der Waals surface area contributed by atoms with Crippen LogP contribution in [0.2, 0.25) is 0 Å². The van der Waals surface area contributed by atoms with Crippen LogP contribution in [-0.4, -0.2) is 30.4 Å². The third-order valence-corrected chi connectivity index (χ3v) is 2.49. The highest BCUT2D eigenvalue weighted by atomic mass is 16.3. The summed E-state index contributed by atoms with van der Waals surface area (Å²) in [7, 11) is 0. The highest BCUT2D eigenvalue weighted by Crippen LogP contribution is 1.99. The van der Waals surface area contributed by atoms with Gasteiger partial charge in [0.2, 0.25) is 5.91 Å². The van der Waals surface area contributed by atoms with Gasteiger partial charge in [-0.25, -0.2) is 0 Å². The fourth-order valence-electron chi connectivity index (χ4n) is 1.76. The normalized spacial score (nSPS) is 10.8. The fraction of sp³-hybridized carbons (Fsp3) is 0.615. The molecule has 17 heavy (non-hydrogen) atoms. The van der Waals surface area contributed by atoms with E-state index >= 15 is 0 Å². The lowest BCUT2D eigenvalue weighted by molar-refractivity contribution is -0.122. The molecule has 1 N–H and O–H groups in total. The molecular weight excluding hydrogens is 216 g/mol. The van der Waals surface area contributed by atoms with Gasteiger partial charge in [0.1, 0.15) is 5.76 Å². The minimum absolute atomic E-state index is 0.0586. The Morgan fingerprint density at radius 2 is 2.06 bits per heavy atom. The Kier molecular flexibility index (Phi) is 6.40. The minimum atomic E-state index is 0.0586. The van der Waals surface area contributed by atoms with Gasteiger partial charge < -0.3 is 9.73 Å². The van der Waals surface area contributed by atoms with Gasteiger partial charge in [-0.15, -0.1) is 0 Å². The Morgan fingerprint density at radius 3 is 2.59 bits per heavy atom. The molecule has 0 aromatic carbocycles. The SMILES string of the molecule is CCCN(CCC)CC(=O)NCc1ccco1. The highest BCUT2D eigenvalue weighted by molar-refractivity contribution is 5.77. The molecule has 0 aliphatic carbocycles. The van der Waals surface area contributed by atoms with Gasteiger partial charge in [-0.1, -0.05) is 13.8 Å². The molecule has 0 atom stereocenters. The van der Waals surface area contributed by atoms with Gasteiger partial charge in [-0.3, -0.25) is 9.69 Å². The Morgan fingerprint density at radius 1 is 1.35 bits per heavy atom. The second-order valence-electron chi connectivity index (χ2n) is 4.13. The molecule has 0 saturated carbocycles. The first-order chi connectivity index (χ1) is 8.26. The first kappa shape index (κ1) is 13.8. The lowest BCUT2D eigenvalue weighted by Crippen LogP contribution is -2.37. The first-order valence-electron chi connectivity index (χ1n) is 6.27. The average molecular weight is 238 g/mol. The molecular formula is C13H22N2O2. The molecule has 0 bridgehead atoms. The predicted molar refractivity (Wildman–Crippen MR) is 67.6 cm³/mol. The molecule has 1 heterocycles. The maximum Gasteiger partial charge on any atom is 0.234 e. The quantitative estimate of drug-likeness (QED) is 0.753. The van der Waals surface area contributed by atoms with Crippen molar-refractivity contribution in [2.45, 2.75) is 33.2 Å². The van der Waals surface area contributed by atoms with Crippen LogP contribution in [0.15, 0.2) is 22.8 Å². The van der Waals surface area contributed by atoms with Crippen LogP contribution in [0, 0.1) is 0 Å². The zero-order valence-electron chi connectivity index (χ0n) is 10.7. The van der Waals surface area contributed by atoms with Gasteiger partial charge in [0, 0.05) is 0 Å². The molecule has 4 nitrogen and oxygen atoms in total. The van der Waals surface area contributed by atoms with Crippen molar-refractivity contribution in [1.29, 1.82) is 0 Å². The molecule has 4 heteroatoms. The van der Waals surface area contributed by atoms with E-state index in [2.05, 4.69) is 24.1 Å². The molecule has 1 aromatic heterocycles. The lowest BCUT2D eigenvalue weighted by atomic mass is 10.3. The molecule has 0 aliphatic rings. The van der Waals surface area contributed by atoms with Crippen LogP contribution in [0.4, 0.5) is 0 Å². The zero-order chi connectivity index (χ0) is 12.5. The number of furan rings is 1. The molecule has 0 fully saturated rings. The van der Waals surface area contributed by atoms with Crippen LogP contribution in [0.5, 0.6) is 0 Å². The van der Waals surface area contributed by atoms with Crippen molar-refractivity contribution in [3.8, 4) is 0 Å². The Balaban J connectivity index is 2.26. The van der Waals surface area contributed by atoms with Gasteiger partial charge in [0.25, 0.3) is 0 Å². The smallest absolute Gasteiger partial charge is 0.234 e. The van der Waals surface area contributed by atoms with E-state index in [1.165, 1.54) is 0 Å². The van der Waals surface area contributed by atoms with Gasteiger partial charge in [0.15, 0.2) is 0 Å². The summed E-state index contributed by atoms with van der Waals surface area (Å²) in [4.78, 5) is 13.9. The number of nitrogens with zero attached hydrogens (tertiary/aromatic N) is 1. The predicted octanol–water partition coefficient (Wildman–Crippen LogP) is 2.02. The van der Waals surface area contributed by atoms with Crippen LogP contribution < -0.4 is 5.32 Å². The van der Waals surface area contributed by atoms with E-state index in [0.29, 0.717) is 13.1 Å². The minimum Gasteiger partial charge on any atom is -0.467 e. The molecule has 96 valence electrons. The first-order valence-corrected chi connectivity index (χ1v) is 6.27. The van der Waals surface area contributed by atoms with Crippen molar-refractivity contribution in [3.63, 3.8) is 0 Å². The van der Waals surface area contributed by atoms with Gasteiger partial charge in [0.05, 0.1) is 19.4 Å². The number of carbonyl (C=O) groups excluding carboxylic acids is 1. The molecule has 1 aromatic rings. The van der Waals surface area contributed by atoms with Gasteiger partial charge in [-0.05, 0) is 38.1 Å². The summed E-state index contributed by atoms with van der Waals surface area (Å²) in [5.41, 5.74) is 0. The maximum absolute atomic E-state index is 11.7. The van der Waals surface area contributed by atoms with E-state index in [1.807, 2.05) is 12.1 Å². The molecule has 1 rings (SSSR count). The van der Waals surface area contributed by atoms with Gasteiger partial charge >= 0.3 is 0 Å². The number of hydrogen-bond donors (Lipinski definition) is 1. The second-order valence-corrected chi connectivity index (χ2v) is 4.13. The number of carbonyl (C=O) groups is 1. The Bertz CT molecular complexity index is 303. The van der Waals surface area contributed by atoms with Crippen LogP contribution >= 0.6 is 0 Å². The van der Waals surface area contributed by atoms with Crippen molar-refractivity contribution in [3.05, 3.63) is 24.2 Å². The average Bonchev–Trinajstić information content (AvgIpc) is 2.80. The number of rotatable bonds is 8. The van der Waals surface area contributed by atoms with Crippen LogP contribution in [-0.2, 0) is 11.3 Å². The van der Waals surface area contributed by atoms with E-state index in [9.17, 15) is 4.79 Å². The molecule has 0 spiro atoms. The van der Waals surface area contributed by atoms with Crippen molar-refractivity contribution in [2.24, 2.45) is 0 Å². The van der Waals surface area contributed by atoms with E-state index in [-0.39, 0.29) is 5.91 Å². The standard InChI is InChI=1S/C13H22N2O2/c1-3-7-15(8-4-2)11-13(16)14-10-12-6-5-9-17-12/h5-6,9H,3-4,7-8,10-11H2,1-2H3,(H,14,16). The van der Waals surface area contributed by atoms with Crippen LogP contribution in [0.25, 0.3) is 0 Å². The lowest BCUT2D eigenvalue weighted by Gasteiger charge is -2.19. The van der Waals surface area contributed by atoms with E-state index < -0.39 is 0 Å². The Labute approximate surface area is 103 Å². The Hall–Kier alpha value is -1.29. The fourth-order valence-corrected chi connectivity index (χ4v) is 1.76. The van der Waals surface area contributed by atoms with E-state index in [4.69, 9.17) is 4.42 Å². The highest BCUT2D eigenvalue weighted by Gasteiger charge is 2.09. The van der Waals surface area contributed by atoms with E-state index in [1.54, 1.807) is 6.26 Å². The molecule has 0 unspecified atom stereocenters. The van der Waals surface area contributed by atoms with Crippen LogP contribution in [0.1, 0.15) is 32.4 Å². The van der Waals surface area contributed by atoms with E-state index in [0.717, 1.165) is 31.7 Å². The van der Waals surface area contributed by atoms with Crippen molar-refractivity contribution in [2.75, 3.05) is 19.6 Å². The molecule has 0 radical (unpaired) electrons. The number of nitrogens with one attached hydrogen (secondary N) is 1. The largest absolute Gasteiger partial charge is 0.467 e. The third-order valence-electron chi connectivity index (χ3n) is 2.49. The molecule has 0 aliphatic heterocycles. The summed E-state index contributed by atoms with van der Waals surface area (Å²) < 4.78 is 5.16. The summed E-state index contributed by atoms with van der Waals surface area (Å²) in [5, 5.41) is 2.86. The third kappa shape index (κ3) is 5.54. The van der Waals surface area contributed by atoms with Crippen molar-refractivity contribution < 1.29 is 9.21 Å². The zero-order valence-corrected chi connectivity index (χ0v) is 10.7. The summed E-state index contributed by atoms with van der Waals surface area (Å²) in [5.74, 6) is 0.846. The topological polar surface area (TPSA) is 45.5 Å². The molecule has 0 saturated heterocycles. The number of amides is 1. The van der Waals surface area contributed by atoms with Crippen LogP contribution in [0.3, 0.4) is 0 Å². The maximum atomic E-state index is 11.7. The number of hydrogen-bond acceptors (Lipinski definition) is 3.